The summed E-state index contributed by atoms with van der Waals surface area (Å²) in [5.41, 5.74) is 0.717. The zero-order chi connectivity index (χ0) is 67.9. The summed E-state index contributed by atoms with van der Waals surface area (Å²) < 4.78 is 89.5. The number of ketones is 6. The fourth-order valence-corrected chi connectivity index (χ4v) is 12.7. The van der Waals surface area contributed by atoms with Crippen molar-refractivity contribution in [2.75, 3.05) is 42.0 Å². The van der Waals surface area contributed by atoms with E-state index in [-0.39, 0.29) is 118 Å². The summed E-state index contributed by atoms with van der Waals surface area (Å²) in [5, 5.41) is 0. The minimum absolute atomic E-state index is 0.00569. The molecule has 0 aromatic heterocycles. The summed E-state index contributed by atoms with van der Waals surface area (Å²) in [6.07, 6.45) is 15.9. The van der Waals surface area contributed by atoms with Crippen LogP contribution in [0.5, 0.6) is 69.0 Å². The van der Waals surface area contributed by atoms with Crippen LogP contribution in [0.15, 0.2) is 0 Å². The summed E-state index contributed by atoms with van der Waals surface area (Å²) in [6, 6.07) is 0. The number of hydrogen-bond acceptors (Lipinski definition) is 26. The second kappa shape index (κ2) is 29.2. The lowest BCUT2D eigenvalue weighted by Crippen LogP contribution is -2.49. The van der Waals surface area contributed by atoms with E-state index >= 15 is 0 Å². The SMILES string of the molecule is CCCC(=O)c1c2c(c(C(=O)CCC)c3c1OC(CC(=O)OC)(C(=O)OC)O3)OCO2.CCCCCC(=O)c1c2c(c(C(=O)CCCCC)c3c1OC1(CCCCC1)O3)OC1(CCCCC1)O2.COC(=O)CC1(C(=O)OC)Oc2c(c(C(C)=O)c3c(c2C(C)=O)OCO3)O1. The summed E-state index contributed by atoms with van der Waals surface area (Å²) in [4.78, 5) is 127. The van der Waals surface area contributed by atoms with Gasteiger partial charge >= 0.3 is 35.5 Å². The molecule has 0 atom stereocenters. The Bertz CT molecular complexity index is 3280. The predicted octanol–water partition coefficient (Wildman–Crippen LogP) is 11.7. The number of ether oxygens (including phenoxy) is 16. The van der Waals surface area contributed by atoms with Gasteiger partial charge in [0.25, 0.3) is 11.6 Å². The van der Waals surface area contributed by atoms with Crippen LogP contribution in [0.3, 0.4) is 0 Å². The first-order valence-corrected chi connectivity index (χ1v) is 32.3. The van der Waals surface area contributed by atoms with Crippen molar-refractivity contribution in [2.24, 2.45) is 0 Å². The predicted molar refractivity (Wildman–Crippen MR) is 326 cm³/mol. The maximum absolute atomic E-state index is 13.7. The number of rotatable bonds is 24. The lowest BCUT2D eigenvalue weighted by atomic mass is 9.94. The number of unbranched alkanes of at least 4 members (excludes halogenated alkanes) is 4. The van der Waals surface area contributed by atoms with Gasteiger partial charge in [-0.2, -0.15) is 0 Å². The third kappa shape index (κ3) is 13.3. The highest BCUT2D eigenvalue weighted by molar-refractivity contribution is 6.12. The van der Waals surface area contributed by atoms with E-state index < -0.39 is 71.4 Å². The summed E-state index contributed by atoms with van der Waals surface area (Å²) in [7, 11) is 4.42. The molecule has 0 amide bonds. The Kier molecular flexibility index (Phi) is 21.6. The number of carbonyl (C=O) groups is 10. The number of carbonyl (C=O) groups excluding carboxylic acids is 10. The quantitative estimate of drug-likeness (QED) is 0.0348. The molecule has 6 heterocycles. The Balaban J connectivity index is 0.000000168. The van der Waals surface area contributed by atoms with Gasteiger partial charge in [-0.3, -0.25) is 38.4 Å². The first-order chi connectivity index (χ1) is 45.1. The van der Waals surface area contributed by atoms with Gasteiger partial charge in [-0.15, -0.1) is 0 Å². The highest BCUT2D eigenvalue weighted by Crippen LogP contribution is 2.62. The normalized spacial score (nSPS) is 17.2. The number of benzene rings is 3. The Morgan fingerprint density at radius 2 is 0.606 bits per heavy atom. The van der Waals surface area contributed by atoms with Gasteiger partial charge in [0.2, 0.25) is 13.6 Å². The van der Waals surface area contributed by atoms with E-state index in [1.807, 2.05) is 13.8 Å². The number of fused-ring (bicyclic) bond motifs is 6. The van der Waals surface area contributed by atoms with Gasteiger partial charge in [0.1, 0.15) is 46.2 Å². The average molecular weight is 1320 g/mol. The van der Waals surface area contributed by atoms with Crippen LogP contribution in [-0.2, 0) is 38.1 Å². The first kappa shape index (κ1) is 69.5. The topological polar surface area (TPSA) is 318 Å². The number of hydrogen-bond donors (Lipinski definition) is 0. The molecule has 0 saturated heterocycles. The van der Waals surface area contributed by atoms with E-state index in [1.165, 1.54) is 13.8 Å². The van der Waals surface area contributed by atoms with E-state index in [2.05, 4.69) is 28.1 Å². The van der Waals surface area contributed by atoms with Crippen LogP contribution in [0.2, 0.25) is 0 Å². The molecule has 2 spiro atoms. The van der Waals surface area contributed by atoms with Gasteiger partial charge in [0.05, 0.1) is 28.4 Å². The zero-order valence-electron chi connectivity index (χ0n) is 55.0. The second-order valence-electron chi connectivity index (χ2n) is 24.0. The van der Waals surface area contributed by atoms with Crippen LogP contribution in [0.1, 0.15) is 258 Å². The molecule has 0 unspecified atom stereocenters. The summed E-state index contributed by atoms with van der Waals surface area (Å²) >= 11 is 0. The van der Waals surface area contributed by atoms with Gasteiger partial charge in [-0.05, 0) is 65.2 Å². The Morgan fingerprint density at radius 1 is 0.330 bits per heavy atom. The lowest BCUT2D eigenvalue weighted by molar-refractivity contribution is -0.187. The molecule has 11 rings (SSSR count). The van der Waals surface area contributed by atoms with Crippen molar-refractivity contribution >= 4 is 58.6 Å². The molecular weight excluding hydrogens is 1230 g/mol. The van der Waals surface area contributed by atoms with Gasteiger partial charge in [-0.25, -0.2) is 9.59 Å². The molecule has 2 aliphatic carbocycles. The molecular formula is C68H82O26. The average Bonchev–Trinajstić information content (AvgIpc) is 1.57. The van der Waals surface area contributed by atoms with Crippen molar-refractivity contribution in [2.45, 2.75) is 219 Å². The highest BCUT2D eigenvalue weighted by Gasteiger charge is 2.59. The summed E-state index contributed by atoms with van der Waals surface area (Å²) in [5.74, 6) is -10.4. The monoisotopic (exact) mass is 1310 g/mol. The first-order valence-electron chi connectivity index (χ1n) is 32.3. The fraction of sp³-hybridized carbons (Fsp3) is 0.588. The Labute approximate surface area is 543 Å². The third-order valence-electron chi connectivity index (χ3n) is 17.2. The second-order valence-corrected chi connectivity index (χ2v) is 24.0. The van der Waals surface area contributed by atoms with E-state index in [0.717, 1.165) is 131 Å². The van der Waals surface area contributed by atoms with Gasteiger partial charge in [0.15, 0.2) is 104 Å². The number of esters is 4. The third-order valence-corrected chi connectivity index (χ3v) is 17.2. The maximum atomic E-state index is 13.7. The molecule has 3 aromatic carbocycles. The number of methoxy groups -OCH3 is 4. The van der Waals surface area contributed by atoms with Gasteiger partial charge in [0, 0.05) is 51.4 Å². The minimum Gasteiger partial charge on any atom is -0.469 e. The lowest BCUT2D eigenvalue weighted by Gasteiger charge is -2.32. The van der Waals surface area contributed by atoms with E-state index in [4.69, 9.17) is 61.6 Å². The molecule has 3 aromatic rings. The van der Waals surface area contributed by atoms with Crippen LogP contribution in [0.25, 0.3) is 0 Å². The van der Waals surface area contributed by atoms with E-state index in [9.17, 15) is 47.9 Å². The fourth-order valence-electron chi connectivity index (χ4n) is 12.7. The molecule has 2 fully saturated rings. The Morgan fingerprint density at radius 3 is 0.883 bits per heavy atom. The zero-order valence-corrected chi connectivity index (χ0v) is 55.0. The van der Waals surface area contributed by atoms with Crippen molar-refractivity contribution in [1.29, 1.82) is 0 Å². The molecule has 0 radical (unpaired) electrons. The highest BCUT2D eigenvalue weighted by atomic mass is 16.8. The van der Waals surface area contributed by atoms with Crippen LogP contribution in [-0.4, -0.2) is 124 Å². The van der Waals surface area contributed by atoms with Crippen molar-refractivity contribution < 1.29 is 124 Å². The molecule has 8 aliphatic rings. The maximum Gasteiger partial charge on any atom is 0.393 e. The van der Waals surface area contributed by atoms with E-state index in [0.29, 0.717) is 59.8 Å². The molecule has 6 aliphatic heterocycles. The molecule has 94 heavy (non-hydrogen) atoms. The van der Waals surface area contributed by atoms with Crippen LogP contribution in [0, 0.1) is 0 Å². The Hall–Kier alpha value is -8.84. The van der Waals surface area contributed by atoms with Crippen molar-refractivity contribution in [1.82, 2.24) is 0 Å². The van der Waals surface area contributed by atoms with Crippen LogP contribution < -0.4 is 56.8 Å². The number of Topliss-reactive ketones (excluding diaryl/α,β-unsaturated/α-hetero) is 6. The largest absolute Gasteiger partial charge is 0.469 e. The standard InChI is InChI=1S/C30H42O6.C21H24O10.C17H16O10/c1-3-5-9-15-21(31)23-25-27(35-29(33-25)17-11-7-12-18-29)24(22(32)16-10-6-4-2)28-26(23)34-30(36-28)19-13-8-14-20-30;1-5-7-11(22)14-16-17(29-10-28-16)15(12(23)8-6-2)19-18(14)30-21(31-19,20(25)27-4)9-13(24)26-3;1-7(18)10-12-13(25-6-24-12)11(8(2)19)15-14(10)26-17(27-15,16(21)23-4)5-9(20)22-3/h3-20H2,1-2H3;5-10H2,1-4H3;5-6H2,1-4H3. The van der Waals surface area contributed by atoms with Gasteiger partial charge in [-0.1, -0.05) is 66.2 Å². The van der Waals surface area contributed by atoms with Crippen molar-refractivity contribution in [3.8, 4) is 69.0 Å². The van der Waals surface area contributed by atoms with Crippen molar-refractivity contribution in [3.63, 3.8) is 0 Å². The van der Waals surface area contributed by atoms with Gasteiger partial charge < -0.3 is 75.8 Å². The molecule has 26 nitrogen and oxygen atoms in total. The van der Waals surface area contributed by atoms with E-state index in [1.54, 1.807) is 0 Å². The molecule has 26 heteroatoms. The van der Waals surface area contributed by atoms with Crippen LogP contribution >= 0.6 is 0 Å². The molecule has 0 bridgehead atoms. The molecule has 0 N–H and O–H groups in total. The molecule has 2 saturated carbocycles. The minimum atomic E-state index is -2.26. The van der Waals surface area contributed by atoms with Crippen LogP contribution in [0.4, 0.5) is 0 Å². The molecule has 510 valence electrons. The smallest absolute Gasteiger partial charge is 0.393 e. The van der Waals surface area contributed by atoms with Crippen molar-refractivity contribution in [3.05, 3.63) is 33.4 Å². The summed E-state index contributed by atoms with van der Waals surface area (Å²) in [6.45, 7) is 9.99.